The van der Waals surface area contributed by atoms with Crippen molar-refractivity contribution < 1.29 is 14.3 Å². The molecule has 0 unspecified atom stereocenters. The first kappa shape index (κ1) is 14.2. The van der Waals surface area contributed by atoms with Gasteiger partial charge in [0.15, 0.2) is 0 Å². The van der Waals surface area contributed by atoms with Gasteiger partial charge in [-0.3, -0.25) is 4.79 Å². The molecular weight excluding hydrogens is 236 g/mol. The Bertz CT molecular complexity index is 376. The van der Waals surface area contributed by atoms with Crippen LogP contribution in [0.1, 0.15) is 12.0 Å². The van der Waals surface area contributed by atoms with Gasteiger partial charge in [0.2, 0.25) is 17.7 Å². The standard InChI is InChI=1S/C11H18N4O3/c1-12-9(16)4-5-13-6-8-10(17-2)14-7-15-11(8)18-3/h7,13H,4-6H2,1-3H3,(H,12,16). The van der Waals surface area contributed by atoms with Crippen LogP contribution >= 0.6 is 0 Å². The number of nitrogens with zero attached hydrogens (tertiary/aromatic N) is 2. The zero-order valence-corrected chi connectivity index (χ0v) is 10.8. The molecule has 1 aromatic heterocycles. The van der Waals surface area contributed by atoms with Crippen molar-refractivity contribution in [3.05, 3.63) is 11.9 Å². The largest absolute Gasteiger partial charge is 0.481 e. The fourth-order valence-electron chi connectivity index (χ4n) is 1.42. The van der Waals surface area contributed by atoms with Crippen LogP contribution in [0.4, 0.5) is 0 Å². The summed E-state index contributed by atoms with van der Waals surface area (Å²) in [5.74, 6) is 0.925. The van der Waals surface area contributed by atoms with Gasteiger partial charge in [0.25, 0.3) is 0 Å². The fraction of sp³-hybridized carbons (Fsp3) is 0.545. The molecule has 7 heteroatoms. The van der Waals surface area contributed by atoms with Crippen LogP contribution in [-0.2, 0) is 11.3 Å². The SMILES string of the molecule is CNC(=O)CCNCc1c(OC)ncnc1OC. The van der Waals surface area contributed by atoms with E-state index in [2.05, 4.69) is 20.6 Å². The molecule has 0 aromatic carbocycles. The highest BCUT2D eigenvalue weighted by Gasteiger charge is 2.12. The van der Waals surface area contributed by atoms with E-state index in [1.54, 1.807) is 7.05 Å². The number of methoxy groups -OCH3 is 2. The topological polar surface area (TPSA) is 85.4 Å². The summed E-state index contributed by atoms with van der Waals surface area (Å²) in [5, 5.41) is 5.67. The zero-order chi connectivity index (χ0) is 13.4. The number of rotatable bonds is 7. The molecule has 0 radical (unpaired) electrons. The quantitative estimate of drug-likeness (QED) is 0.651. The summed E-state index contributed by atoms with van der Waals surface area (Å²) >= 11 is 0. The molecule has 100 valence electrons. The number of carbonyl (C=O) groups excluding carboxylic acids is 1. The maximum Gasteiger partial charge on any atom is 0.224 e. The van der Waals surface area contributed by atoms with Crippen LogP contribution in [0.5, 0.6) is 11.8 Å². The van der Waals surface area contributed by atoms with E-state index in [4.69, 9.17) is 9.47 Å². The summed E-state index contributed by atoms with van der Waals surface area (Å²) in [5.41, 5.74) is 0.736. The molecular formula is C11H18N4O3. The molecule has 1 rings (SSSR count). The third kappa shape index (κ3) is 3.85. The molecule has 0 aliphatic heterocycles. The molecule has 0 bridgehead atoms. The van der Waals surface area contributed by atoms with Crippen LogP contribution in [-0.4, -0.2) is 43.7 Å². The summed E-state index contributed by atoms with van der Waals surface area (Å²) in [6.45, 7) is 1.03. The van der Waals surface area contributed by atoms with E-state index in [0.29, 0.717) is 31.3 Å². The molecule has 0 fully saturated rings. The van der Waals surface area contributed by atoms with E-state index in [9.17, 15) is 4.79 Å². The van der Waals surface area contributed by atoms with E-state index in [-0.39, 0.29) is 5.91 Å². The number of hydrogen-bond donors (Lipinski definition) is 2. The second kappa shape index (κ2) is 7.44. The molecule has 0 spiro atoms. The minimum Gasteiger partial charge on any atom is -0.481 e. The molecule has 1 heterocycles. The first-order valence-electron chi connectivity index (χ1n) is 5.56. The molecule has 0 aliphatic carbocycles. The molecule has 2 N–H and O–H groups in total. The summed E-state index contributed by atoms with van der Waals surface area (Å²) in [4.78, 5) is 19.1. The molecule has 0 saturated heterocycles. The van der Waals surface area contributed by atoms with Crippen molar-refractivity contribution in [2.75, 3.05) is 27.8 Å². The Morgan fingerprint density at radius 2 is 1.89 bits per heavy atom. The molecule has 1 amide bonds. The minimum atomic E-state index is -0.00857. The number of hydrogen-bond acceptors (Lipinski definition) is 6. The molecule has 1 aromatic rings. The van der Waals surface area contributed by atoms with Crippen molar-refractivity contribution in [2.24, 2.45) is 0 Å². The summed E-state index contributed by atoms with van der Waals surface area (Å²) in [6, 6.07) is 0. The average Bonchev–Trinajstić information content (AvgIpc) is 2.42. The Hall–Kier alpha value is -1.89. The van der Waals surface area contributed by atoms with Crippen molar-refractivity contribution in [3.63, 3.8) is 0 Å². The van der Waals surface area contributed by atoms with Crippen LogP contribution in [0, 0.1) is 0 Å². The third-order valence-corrected chi connectivity index (χ3v) is 2.36. The van der Waals surface area contributed by atoms with Crippen molar-refractivity contribution in [3.8, 4) is 11.8 Å². The van der Waals surface area contributed by atoms with E-state index in [0.717, 1.165) is 5.56 Å². The van der Waals surface area contributed by atoms with Crippen LogP contribution in [0.15, 0.2) is 6.33 Å². The normalized spacial score (nSPS) is 9.94. The Labute approximate surface area is 106 Å². The molecule has 0 saturated carbocycles. The number of carbonyl (C=O) groups is 1. The van der Waals surface area contributed by atoms with Crippen LogP contribution in [0.2, 0.25) is 0 Å². The van der Waals surface area contributed by atoms with Gasteiger partial charge in [0.05, 0.1) is 19.8 Å². The molecule has 0 aliphatic rings. The summed E-state index contributed by atoms with van der Waals surface area (Å²) in [6.07, 6.45) is 1.79. The van der Waals surface area contributed by atoms with Crippen LogP contribution < -0.4 is 20.1 Å². The van der Waals surface area contributed by atoms with Gasteiger partial charge in [0.1, 0.15) is 6.33 Å². The molecule has 18 heavy (non-hydrogen) atoms. The maximum atomic E-state index is 11.0. The van der Waals surface area contributed by atoms with E-state index < -0.39 is 0 Å². The Morgan fingerprint density at radius 3 is 2.39 bits per heavy atom. The second-order valence-corrected chi connectivity index (χ2v) is 3.47. The predicted octanol–water partition coefficient (Wildman–Crippen LogP) is -0.280. The minimum absolute atomic E-state index is 0.00857. The fourth-order valence-corrected chi connectivity index (χ4v) is 1.42. The van der Waals surface area contributed by atoms with Crippen molar-refractivity contribution in [1.29, 1.82) is 0 Å². The number of amides is 1. The van der Waals surface area contributed by atoms with Gasteiger partial charge in [-0.25, -0.2) is 9.97 Å². The average molecular weight is 254 g/mol. The highest BCUT2D eigenvalue weighted by atomic mass is 16.5. The van der Waals surface area contributed by atoms with Gasteiger partial charge in [-0.05, 0) is 0 Å². The van der Waals surface area contributed by atoms with E-state index in [1.807, 2.05) is 0 Å². The van der Waals surface area contributed by atoms with Crippen molar-refractivity contribution >= 4 is 5.91 Å². The lowest BCUT2D eigenvalue weighted by atomic mass is 10.3. The van der Waals surface area contributed by atoms with Crippen molar-refractivity contribution in [1.82, 2.24) is 20.6 Å². The van der Waals surface area contributed by atoms with Crippen molar-refractivity contribution in [2.45, 2.75) is 13.0 Å². The van der Waals surface area contributed by atoms with Gasteiger partial charge in [0, 0.05) is 26.6 Å². The maximum absolute atomic E-state index is 11.0. The highest BCUT2D eigenvalue weighted by Crippen LogP contribution is 2.22. The zero-order valence-electron chi connectivity index (χ0n) is 10.8. The Balaban J connectivity index is 2.57. The first-order valence-corrected chi connectivity index (χ1v) is 5.56. The van der Waals surface area contributed by atoms with Crippen LogP contribution in [0.25, 0.3) is 0 Å². The van der Waals surface area contributed by atoms with Gasteiger partial charge in [-0.2, -0.15) is 0 Å². The van der Waals surface area contributed by atoms with Crippen LogP contribution in [0.3, 0.4) is 0 Å². The Morgan fingerprint density at radius 1 is 1.28 bits per heavy atom. The van der Waals surface area contributed by atoms with Gasteiger partial charge in [-0.1, -0.05) is 0 Å². The molecule has 0 atom stereocenters. The first-order chi connectivity index (χ1) is 8.72. The number of aromatic nitrogens is 2. The second-order valence-electron chi connectivity index (χ2n) is 3.47. The van der Waals surface area contributed by atoms with Gasteiger partial charge in [-0.15, -0.1) is 0 Å². The monoisotopic (exact) mass is 254 g/mol. The number of nitrogens with one attached hydrogen (secondary N) is 2. The Kier molecular flexibility index (Phi) is 5.86. The predicted molar refractivity (Wildman–Crippen MR) is 65.5 cm³/mol. The van der Waals surface area contributed by atoms with E-state index >= 15 is 0 Å². The third-order valence-electron chi connectivity index (χ3n) is 2.36. The summed E-state index contributed by atoms with van der Waals surface area (Å²) in [7, 11) is 4.69. The lowest BCUT2D eigenvalue weighted by Crippen LogP contribution is -2.24. The number of ether oxygens (including phenoxy) is 2. The molecule has 7 nitrogen and oxygen atoms in total. The van der Waals surface area contributed by atoms with E-state index in [1.165, 1.54) is 20.5 Å². The van der Waals surface area contributed by atoms with Gasteiger partial charge >= 0.3 is 0 Å². The summed E-state index contributed by atoms with van der Waals surface area (Å²) < 4.78 is 10.3. The van der Waals surface area contributed by atoms with Gasteiger partial charge < -0.3 is 20.1 Å². The lowest BCUT2D eigenvalue weighted by molar-refractivity contribution is -0.120. The smallest absolute Gasteiger partial charge is 0.224 e. The lowest BCUT2D eigenvalue weighted by Gasteiger charge is -2.11. The highest BCUT2D eigenvalue weighted by molar-refractivity contribution is 5.75.